The highest BCUT2D eigenvalue weighted by atomic mass is 32.2. The summed E-state index contributed by atoms with van der Waals surface area (Å²) in [5.74, 6) is -0.370. The maximum absolute atomic E-state index is 12.7. The lowest BCUT2D eigenvalue weighted by molar-refractivity contribution is -0.127. The first kappa shape index (κ1) is 20.2. The fourth-order valence-electron chi connectivity index (χ4n) is 2.18. The number of hydrogen-bond acceptors (Lipinski definition) is 8. The number of nitrogens with zero attached hydrogens (tertiary/aromatic N) is 5. The molecule has 1 aliphatic rings. The van der Waals surface area contributed by atoms with Crippen LogP contribution in [-0.4, -0.2) is 67.3 Å². The van der Waals surface area contributed by atoms with Crippen molar-refractivity contribution in [3.8, 4) is 0 Å². The van der Waals surface area contributed by atoms with Crippen molar-refractivity contribution in [1.29, 1.82) is 0 Å². The Morgan fingerprint density at radius 2 is 2.00 bits per heavy atom. The highest BCUT2D eigenvalue weighted by Gasteiger charge is 2.29. The molecule has 2 rings (SSSR count). The van der Waals surface area contributed by atoms with Crippen molar-refractivity contribution in [2.24, 2.45) is 9.98 Å². The van der Waals surface area contributed by atoms with Gasteiger partial charge in [-0.2, -0.15) is 13.4 Å². The molecule has 0 saturated carbocycles. The number of hydrogen-bond donors (Lipinski definition) is 1. The molecule has 0 aromatic carbocycles. The zero-order valence-electron chi connectivity index (χ0n) is 15.1. The lowest BCUT2D eigenvalue weighted by Crippen LogP contribution is -2.53. The molecule has 1 N–H and O–H groups in total. The van der Waals surface area contributed by atoms with Gasteiger partial charge in [-0.15, -0.1) is 0 Å². The van der Waals surface area contributed by atoms with Crippen molar-refractivity contribution < 1.29 is 22.7 Å². The monoisotopic (exact) mass is 394 g/mol. The van der Waals surface area contributed by atoms with Crippen molar-refractivity contribution in [3.63, 3.8) is 0 Å². The summed E-state index contributed by atoms with van der Waals surface area (Å²) in [4.78, 5) is 36.4. The van der Waals surface area contributed by atoms with Crippen LogP contribution in [0.5, 0.6) is 0 Å². The number of aromatic nitrogens is 1. The van der Waals surface area contributed by atoms with Crippen molar-refractivity contribution in [2.75, 3.05) is 19.2 Å². The van der Waals surface area contributed by atoms with E-state index in [1.807, 2.05) is 0 Å². The second-order valence-corrected chi connectivity index (χ2v) is 6.22. The third-order valence-electron chi connectivity index (χ3n) is 3.53. The first-order valence-corrected chi connectivity index (χ1v) is 8.72. The number of methoxy groups -OCH3 is 1. The van der Waals surface area contributed by atoms with Gasteiger partial charge < -0.3 is 4.74 Å². The lowest BCUT2D eigenvalue weighted by atomic mass is 10.2. The summed E-state index contributed by atoms with van der Waals surface area (Å²) in [6, 6.07) is 4.10. The van der Waals surface area contributed by atoms with E-state index in [0.717, 1.165) is 10.0 Å². The molecule has 0 aliphatic carbocycles. The van der Waals surface area contributed by atoms with E-state index < -0.39 is 28.5 Å². The van der Waals surface area contributed by atoms with Crippen molar-refractivity contribution >= 4 is 44.6 Å². The zero-order chi connectivity index (χ0) is 20.1. The van der Waals surface area contributed by atoms with Crippen molar-refractivity contribution in [2.45, 2.75) is 20.1 Å². The predicted molar refractivity (Wildman–Crippen MR) is 99.0 cm³/mol. The molecule has 1 aromatic heterocycles. The van der Waals surface area contributed by atoms with Crippen LogP contribution in [0.1, 0.15) is 13.8 Å². The zero-order valence-corrected chi connectivity index (χ0v) is 15.9. The Labute approximate surface area is 156 Å². The number of rotatable bonds is 2. The third-order valence-corrected chi connectivity index (χ3v) is 4.39. The normalized spacial score (nSPS) is 16.1. The minimum Gasteiger partial charge on any atom is -0.354 e. The van der Waals surface area contributed by atoms with E-state index in [1.165, 1.54) is 34.2 Å². The average Bonchev–Trinajstić information content (AvgIpc) is 2.61. The average molecular weight is 394 g/mol. The number of pyridine rings is 1. The van der Waals surface area contributed by atoms with Crippen molar-refractivity contribution in [3.05, 3.63) is 24.4 Å². The van der Waals surface area contributed by atoms with Crippen molar-refractivity contribution in [1.82, 2.24) is 15.3 Å². The molecule has 1 unspecified atom stereocenters. The summed E-state index contributed by atoms with van der Waals surface area (Å²) in [5, 5.41) is 4.50. The Kier molecular flexibility index (Phi) is 6.36. The van der Waals surface area contributed by atoms with E-state index in [9.17, 15) is 18.0 Å². The van der Waals surface area contributed by atoms with E-state index >= 15 is 0 Å². The highest BCUT2D eigenvalue weighted by Crippen LogP contribution is 2.13. The van der Waals surface area contributed by atoms with Crippen LogP contribution in [0, 0.1) is 0 Å². The van der Waals surface area contributed by atoms with Crippen LogP contribution in [0.25, 0.3) is 0 Å². The first-order chi connectivity index (χ1) is 12.8. The van der Waals surface area contributed by atoms with Gasteiger partial charge in [-0.25, -0.2) is 24.8 Å². The SMILES string of the molecule is COC1N=C(NC(=O)N(c2ccccn2)N(C)C(C)=O)N=C(C)C1=S(=O)=O. The molecular weight excluding hydrogens is 376 g/mol. The minimum absolute atomic E-state index is 0.127. The summed E-state index contributed by atoms with van der Waals surface area (Å²) in [7, 11) is 0.108. The number of carbonyl (C=O) groups excluding carboxylic acids is 2. The maximum Gasteiger partial charge on any atom is 0.349 e. The van der Waals surface area contributed by atoms with Crippen LogP contribution in [0.4, 0.5) is 10.6 Å². The fourth-order valence-corrected chi connectivity index (χ4v) is 2.78. The molecule has 144 valence electrons. The van der Waals surface area contributed by atoms with E-state index in [-0.39, 0.29) is 22.4 Å². The molecule has 0 bridgehead atoms. The summed E-state index contributed by atoms with van der Waals surface area (Å²) in [6.07, 6.45) is 0.334. The minimum atomic E-state index is -2.57. The third kappa shape index (κ3) is 4.54. The Hall–Kier alpha value is -3.12. The number of aliphatic imine (C=N–C) groups is 2. The number of guanidine groups is 1. The van der Waals surface area contributed by atoms with Gasteiger partial charge in [-0.1, -0.05) is 6.07 Å². The van der Waals surface area contributed by atoms with Crippen LogP contribution in [-0.2, 0) is 19.8 Å². The smallest absolute Gasteiger partial charge is 0.349 e. The van der Waals surface area contributed by atoms with Gasteiger partial charge in [0.1, 0.15) is 4.86 Å². The van der Waals surface area contributed by atoms with E-state index in [2.05, 4.69) is 20.3 Å². The molecule has 0 spiro atoms. The molecule has 1 aliphatic heterocycles. The number of nitrogens with one attached hydrogen (secondary N) is 1. The molecule has 0 saturated heterocycles. The molecule has 1 aromatic rings. The molecule has 11 nitrogen and oxygen atoms in total. The first-order valence-electron chi connectivity index (χ1n) is 7.65. The van der Waals surface area contributed by atoms with Crippen LogP contribution in [0.3, 0.4) is 0 Å². The van der Waals surface area contributed by atoms with Gasteiger partial charge in [0, 0.05) is 27.3 Å². The number of ether oxygens (including phenoxy) is 1. The molecule has 2 heterocycles. The number of hydrazine groups is 1. The van der Waals surface area contributed by atoms with E-state index in [0.29, 0.717) is 0 Å². The van der Waals surface area contributed by atoms with E-state index in [1.54, 1.807) is 18.2 Å². The van der Waals surface area contributed by atoms with Crippen LogP contribution in [0.15, 0.2) is 34.4 Å². The van der Waals surface area contributed by atoms with Gasteiger partial charge >= 0.3 is 6.03 Å². The number of anilines is 1. The standard InChI is InChI=1S/C15H18N6O5S/c1-9-12(27(24)25)13(26-4)18-14(17-9)19-15(23)21(20(3)10(2)22)11-7-5-6-8-16-11/h5-8,13H,1-4H3,(H,18,19,23). The molecule has 1 atom stereocenters. The lowest BCUT2D eigenvalue weighted by Gasteiger charge is -2.30. The Morgan fingerprint density at radius 1 is 1.30 bits per heavy atom. The Balaban J connectivity index is 2.35. The molecule has 27 heavy (non-hydrogen) atoms. The second-order valence-electron chi connectivity index (χ2n) is 5.31. The summed E-state index contributed by atoms with van der Waals surface area (Å²) in [5.41, 5.74) is 0.129. The molecule has 3 amide bonds. The highest BCUT2D eigenvalue weighted by molar-refractivity contribution is 7.75. The summed E-state index contributed by atoms with van der Waals surface area (Å²) >= 11 is 0. The van der Waals surface area contributed by atoms with Gasteiger partial charge in [0.05, 0.1) is 5.71 Å². The van der Waals surface area contributed by atoms with Gasteiger partial charge in [0.2, 0.25) is 22.2 Å². The van der Waals surface area contributed by atoms with Gasteiger partial charge in [0.25, 0.3) is 0 Å². The Bertz CT molecular complexity index is 933. The van der Waals surface area contributed by atoms with Gasteiger partial charge in [-0.05, 0) is 19.1 Å². The van der Waals surface area contributed by atoms with Crippen LogP contribution < -0.4 is 10.3 Å². The summed E-state index contributed by atoms with van der Waals surface area (Å²) in [6.45, 7) is 2.74. The number of urea groups is 1. The quantitative estimate of drug-likeness (QED) is 0.547. The number of amides is 3. The van der Waals surface area contributed by atoms with Crippen LogP contribution in [0.2, 0.25) is 0 Å². The fraction of sp³-hybridized carbons (Fsp3) is 0.333. The molecule has 0 radical (unpaired) electrons. The summed E-state index contributed by atoms with van der Waals surface area (Å²) < 4.78 is 27.6. The molecule has 0 fully saturated rings. The van der Waals surface area contributed by atoms with Gasteiger partial charge in [0.15, 0.2) is 12.0 Å². The number of carbonyl (C=O) groups is 2. The largest absolute Gasteiger partial charge is 0.354 e. The molecular formula is C15H18N6O5S. The maximum atomic E-state index is 12.7. The Morgan fingerprint density at radius 3 is 2.52 bits per heavy atom. The second kappa shape index (κ2) is 8.51. The topological polar surface area (TPSA) is 134 Å². The van der Waals surface area contributed by atoms with Crippen LogP contribution >= 0.6 is 0 Å². The van der Waals surface area contributed by atoms with Gasteiger partial charge in [-0.3, -0.25) is 10.1 Å². The van der Waals surface area contributed by atoms with E-state index in [4.69, 9.17) is 4.74 Å². The predicted octanol–water partition coefficient (Wildman–Crippen LogP) is -0.155. The molecule has 12 heteroatoms.